The van der Waals surface area contributed by atoms with Crippen LogP contribution < -0.4 is 0 Å². The first-order valence-electron chi connectivity index (χ1n) is 15.7. The van der Waals surface area contributed by atoms with Gasteiger partial charge < -0.3 is 0 Å². The van der Waals surface area contributed by atoms with Gasteiger partial charge in [-0.05, 0) is 84.5 Å². The van der Waals surface area contributed by atoms with Crippen LogP contribution in [0, 0.1) is 0 Å². The second-order valence-corrected chi connectivity index (χ2v) is 11.9. The molecule has 1 heterocycles. The molecule has 0 aliphatic carbocycles. The van der Waals surface area contributed by atoms with E-state index in [1.54, 1.807) is 0 Å². The average molecular weight is 585 g/mol. The second kappa shape index (κ2) is 10.8. The third-order valence-electron chi connectivity index (χ3n) is 9.02. The third kappa shape index (κ3) is 4.60. The summed E-state index contributed by atoms with van der Waals surface area (Å²) in [6.45, 7) is 0. The van der Waals surface area contributed by atoms with Gasteiger partial charge in [-0.3, -0.25) is 0 Å². The molecule has 0 amide bonds. The number of nitrogens with zero attached hydrogens (tertiary/aromatic N) is 2. The molecule has 0 bridgehead atoms. The second-order valence-electron chi connectivity index (χ2n) is 11.9. The van der Waals surface area contributed by atoms with E-state index in [0.29, 0.717) is 5.82 Å². The molecule has 1 aromatic heterocycles. The summed E-state index contributed by atoms with van der Waals surface area (Å²) in [6.07, 6.45) is 0. The van der Waals surface area contributed by atoms with Crippen molar-refractivity contribution in [1.82, 2.24) is 9.97 Å². The molecule has 0 radical (unpaired) electrons. The normalized spacial score (nSPS) is 11.5. The van der Waals surface area contributed by atoms with E-state index in [4.69, 9.17) is 9.97 Å². The zero-order valence-electron chi connectivity index (χ0n) is 25.1. The van der Waals surface area contributed by atoms with Crippen molar-refractivity contribution in [2.24, 2.45) is 0 Å². The van der Waals surface area contributed by atoms with Gasteiger partial charge in [-0.15, -0.1) is 0 Å². The van der Waals surface area contributed by atoms with Crippen molar-refractivity contribution in [3.8, 4) is 45.0 Å². The van der Waals surface area contributed by atoms with E-state index in [9.17, 15) is 0 Å². The first-order valence-corrected chi connectivity index (χ1v) is 15.7. The molecule has 0 saturated carbocycles. The number of hydrogen-bond acceptors (Lipinski definition) is 2. The van der Waals surface area contributed by atoms with E-state index in [2.05, 4.69) is 152 Å². The molecule has 9 aromatic rings. The number of hydrogen-bond donors (Lipinski definition) is 0. The fourth-order valence-electron chi connectivity index (χ4n) is 6.68. The van der Waals surface area contributed by atoms with Gasteiger partial charge in [0.2, 0.25) is 0 Å². The Hall–Kier alpha value is -6.12. The molecule has 2 nitrogen and oxygen atoms in total. The fourth-order valence-corrected chi connectivity index (χ4v) is 6.68. The van der Waals surface area contributed by atoms with Gasteiger partial charge in [0.1, 0.15) is 0 Å². The molecule has 9 rings (SSSR count). The molecule has 8 aromatic carbocycles. The lowest BCUT2D eigenvalue weighted by Crippen LogP contribution is -1.96. The molecule has 0 atom stereocenters. The lowest BCUT2D eigenvalue weighted by Gasteiger charge is -2.13. The van der Waals surface area contributed by atoms with Crippen molar-refractivity contribution >= 4 is 43.1 Å². The highest BCUT2D eigenvalue weighted by Crippen LogP contribution is 2.37. The molecular formula is C44H28N2. The van der Waals surface area contributed by atoms with Crippen LogP contribution in [0.15, 0.2) is 170 Å². The lowest BCUT2D eigenvalue weighted by molar-refractivity contribution is 1.18. The Morgan fingerprint density at radius 1 is 0.283 bits per heavy atom. The maximum atomic E-state index is 5.18. The van der Waals surface area contributed by atoms with E-state index < -0.39 is 0 Å². The van der Waals surface area contributed by atoms with Gasteiger partial charge in [0.15, 0.2) is 5.82 Å². The van der Waals surface area contributed by atoms with E-state index in [0.717, 1.165) is 33.6 Å². The molecule has 2 heteroatoms. The van der Waals surface area contributed by atoms with Gasteiger partial charge in [0, 0.05) is 16.7 Å². The summed E-state index contributed by atoms with van der Waals surface area (Å²) in [5.41, 5.74) is 7.30. The van der Waals surface area contributed by atoms with Crippen LogP contribution in [0.5, 0.6) is 0 Å². The number of fused-ring (bicyclic) bond motifs is 5. The molecule has 0 spiro atoms. The molecule has 0 N–H and O–H groups in total. The summed E-state index contributed by atoms with van der Waals surface area (Å²) >= 11 is 0. The average Bonchev–Trinajstić information content (AvgIpc) is 3.13. The van der Waals surface area contributed by atoms with Gasteiger partial charge in [-0.1, -0.05) is 140 Å². The van der Waals surface area contributed by atoms with Gasteiger partial charge in [0.05, 0.1) is 11.4 Å². The van der Waals surface area contributed by atoms with Crippen molar-refractivity contribution in [3.63, 3.8) is 0 Å². The maximum Gasteiger partial charge on any atom is 0.160 e. The number of benzene rings is 8. The molecule has 0 fully saturated rings. The van der Waals surface area contributed by atoms with Gasteiger partial charge >= 0.3 is 0 Å². The van der Waals surface area contributed by atoms with Crippen LogP contribution in [-0.2, 0) is 0 Å². The van der Waals surface area contributed by atoms with Gasteiger partial charge in [0.25, 0.3) is 0 Å². The lowest BCUT2D eigenvalue weighted by atomic mass is 9.94. The van der Waals surface area contributed by atoms with Crippen LogP contribution in [0.2, 0.25) is 0 Å². The Morgan fingerprint density at radius 2 is 0.913 bits per heavy atom. The molecule has 46 heavy (non-hydrogen) atoms. The molecular weight excluding hydrogens is 556 g/mol. The Kier molecular flexibility index (Phi) is 6.17. The van der Waals surface area contributed by atoms with Crippen LogP contribution in [-0.4, -0.2) is 9.97 Å². The zero-order valence-corrected chi connectivity index (χ0v) is 25.1. The van der Waals surface area contributed by atoms with Crippen molar-refractivity contribution in [1.29, 1.82) is 0 Å². The number of aromatic nitrogens is 2. The quantitative estimate of drug-likeness (QED) is 0.152. The summed E-state index contributed by atoms with van der Waals surface area (Å²) in [6, 6.07) is 60.5. The first-order chi connectivity index (χ1) is 22.8. The predicted octanol–water partition coefficient (Wildman–Crippen LogP) is 11.8. The Bertz CT molecular complexity index is 2580. The van der Waals surface area contributed by atoms with E-state index in [1.165, 1.54) is 48.7 Å². The zero-order chi connectivity index (χ0) is 30.5. The van der Waals surface area contributed by atoms with E-state index in [1.807, 2.05) is 18.2 Å². The minimum absolute atomic E-state index is 0.716. The largest absolute Gasteiger partial charge is 0.228 e. The summed E-state index contributed by atoms with van der Waals surface area (Å²) < 4.78 is 0. The smallest absolute Gasteiger partial charge is 0.160 e. The highest BCUT2D eigenvalue weighted by Gasteiger charge is 2.14. The standard InChI is InChI=1S/C44H28N2/c1-2-11-30(12-3-1)44-45-42(37-17-8-16-33(26-37)35-21-20-29-10-4-5-13-31(29)24-35)28-43(46-44)40-19-9-18-38-39(40)23-22-36-25-32-14-6-7-15-34(32)27-41(36)38/h1-28H. The van der Waals surface area contributed by atoms with Crippen molar-refractivity contribution < 1.29 is 0 Å². The van der Waals surface area contributed by atoms with Crippen molar-refractivity contribution in [3.05, 3.63) is 170 Å². The monoisotopic (exact) mass is 584 g/mol. The molecule has 214 valence electrons. The molecule has 0 aliphatic rings. The Morgan fingerprint density at radius 3 is 1.76 bits per heavy atom. The first kappa shape index (κ1) is 26.3. The minimum atomic E-state index is 0.716. The molecule has 0 saturated heterocycles. The maximum absolute atomic E-state index is 5.18. The Balaban J connectivity index is 1.23. The van der Waals surface area contributed by atoms with Crippen molar-refractivity contribution in [2.45, 2.75) is 0 Å². The summed E-state index contributed by atoms with van der Waals surface area (Å²) in [7, 11) is 0. The van der Waals surface area contributed by atoms with Crippen LogP contribution in [0.3, 0.4) is 0 Å². The summed E-state index contributed by atoms with van der Waals surface area (Å²) in [4.78, 5) is 10.3. The van der Waals surface area contributed by atoms with E-state index >= 15 is 0 Å². The molecule has 0 unspecified atom stereocenters. The topological polar surface area (TPSA) is 25.8 Å². The van der Waals surface area contributed by atoms with Crippen LogP contribution in [0.1, 0.15) is 0 Å². The van der Waals surface area contributed by atoms with Gasteiger partial charge in [-0.25, -0.2) is 9.97 Å². The summed E-state index contributed by atoms with van der Waals surface area (Å²) in [5.74, 6) is 0.716. The van der Waals surface area contributed by atoms with E-state index in [-0.39, 0.29) is 0 Å². The molecule has 0 aliphatic heterocycles. The van der Waals surface area contributed by atoms with Crippen LogP contribution in [0.25, 0.3) is 88.1 Å². The van der Waals surface area contributed by atoms with Crippen LogP contribution >= 0.6 is 0 Å². The van der Waals surface area contributed by atoms with Crippen LogP contribution in [0.4, 0.5) is 0 Å². The minimum Gasteiger partial charge on any atom is -0.228 e. The fraction of sp³-hybridized carbons (Fsp3) is 0. The Labute approximate surface area is 267 Å². The highest BCUT2D eigenvalue weighted by molar-refractivity contribution is 6.15. The third-order valence-corrected chi connectivity index (χ3v) is 9.02. The summed E-state index contributed by atoms with van der Waals surface area (Å²) in [5, 5.41) is 9.86. The van der Waals surface area contributed by atoms with Crippen molar-refractivity contribution in [2.75, 3.05) is 0 Å². The SMILES string of the molecule is c1ccc(-c2nc(-c3cccc(-c4ccc5ccccc5c4)c3)cc(-c3cccc4c3ccc3cc5ccccc5cc34)n2)cc1. The predicted molar refractivity (Wildman–Crippen MR) is 194 cm³/mol. The van der Waals surface area contributed by atoms with Gasteiger partial charge in [-0.2, -0.15) is 0 Å². The highest BCUT2D eigenvalue weighted by atomic mass is 14.9. The number of rotatable bonds is 4.